The van der Waals surface area contributed by atoms with E-state index in [4.69, 9.17) is 5.11 Å². The van der Waals surface area contributed by atoms with Gasteiger partial charge in [-0.3, -0.25) is 4.79 Å². The smallest absolute Gasteiger partial charge is 0.341 e. The molecule has 0 radical (unpaired) electrons. The van der Waals surface area contributed by atoms with Crippen molar-refractivity contribution in [1.29, 1.82) is 0 Å². The predicted molar refractivity (Wildman–Crippen MR) is 73.6 cm³/mol. The Kier molecular flexibility index (Phi) is 3.44. The van der Waals surface area contributed by atoms with Crippen molar-refractivity contribution < 1.29 is 14.3 Å². The van der Waals surface area contributed by atoms with Crippen molar-refractivity contribution in [3.05, 3.63) is 56.8 Å². The van der Waals surface area contributed by atoms with Crippen molar-refractivity contribution in [3.63, 3.8) is 0 Å². The third-order valence-electron chi connectivity index (χ3n) is 3.25. The molecule has 2 aromatic rings. The van der Waals surface area contributed by atoms with Gasteiger partial charge in [0.15, 0.2) is 0 Å². The van der Waals surface area contributed by atoms with Crippen molar-refractivity contribution in [2.24, 2.45) is 0 Å². The van der Waals surface area contributed by atoms with Crippen LogP contribution in [0.1, 0.15) is 27.3 Å². The third-order valence-corrected chi connectivity index (χ3v) is 3.25. The summed E-state index contributed by atoms with van der Waals surface area (Å²) in [5.41, 5.74) is 1.42. The Morgan fingerprint density at radius 1 is 1.20 bits per heavy atom. The molecule has 0 bridgehead atoms. The van der Waals surface area contributed by atoms with E-state index >= 15 is 0 Å². The van der Waals surface area contributed by atoms with Crippen LogP contribution < -0.4 is 5.43 Å². The second-order valence-electron chi connectivity index (χ2n) is 4.72. The van der Waals surface area contributed by atoms with Gasteiger partial charge in [0.25, 0.3) is 0 Å². The summed E-state index contributed by atoms with van der Waals surface area (Å²) in [6.45, 7) is 4.91. The first-order valence-electron chi connectivity index (χ1n) is 6.06. The first-order chi connectivity index (χ1) is 9.32. The van der Waals surface area contributed by atoms with Gasteiger partial charge in [0.2, 0.25) is 5.43 Å². The van der Waals surface area contributed by atoms with Crippen molar-refractivity contribution in [3.8, 4) is 11.1 Å². The number of carbonyl (C=O) groups is 1. The fourth-order valence-electron chi connectivity index (χ4n) is 2.36. The molecule has 0 aliphatic heterocycles. The number of benzene rings is 1. The van der Waals surface area contributed by atoms with Crippen molar-refractivity contribution >= 4 is 5.97 Å². The molecule has 104 valence electrons. The zero-order valence-corrected chi connectivity index (χ0v) is 11.4. The lowest BCUT2D eigenvalue weighted by molar-refractivity contribution is 0.0694. The zero-order chi connectivity index (χ0) is 15.0. The summed E-state index contributed by atoms with van der Waals surface area (Å²) in [7, 11) is 0. The molecule has 0 fully saturated rings. The van der Waals surface area contributed by atoms with Crippen LogP contribution in [0.25, 0.3) is 11.1 Å². The first-order valence-corrected chi connectivity index (χ1v) is 6.06. The molecule has 5 heteroatoms. The number of hydrogen-bond acceptors (Lipinski definition) is 2. The monoisotopic (exact) mass is 275 g/mol. The molecular weight excluding hydrogens is 261 g/mol. The van der Waals surface area contributed by atoms with Gasteiger partial charge in [0.1, 0.15) is 11.4 Å². The number of pyridine rings is 1. The van der Waals surface area contributed by atoms with E-state index in [1.165, 1.54) is 18.2 Å². The summed E-state index contributed by atoms with van der Waals surface area (Å²) < 4.78 is 13.2. The molecule has 0 amide bonds. The van der Waals surface area contributed by atoms with Crippen LogP contribution in [-0.4, -0.2) is 16.1 Å². The average Bonchev–Trinajstić information content (AvgIpc) is 2.30. The lowest BCUT2D eigenvalue weighted by atomic mass is 9.96. The molecule has 20 heavy (non-hydrogen) atoms. The second kappa shape index (κ2) is 4.92. The fourth-order valence-corrected chi connectivity index (χ4v) is 2.36. The Labute approximate surface area is 114 Å². The van der Waals surface area contributed by atoms with Gasteiger partial charge >= 0.3 is 5.97 Å². The molecular formula is C15H14FNO3. The number of halogens is 1. The van der Waals surface area contributed by atoms with Crippen LogP contribution in [0, 0.1) is 26.6 Å². The number of aromatic amines is 1. The molecule has 1 heterocycles. The van der Waals surface area contributed by atoms with E-state index in [2.05, 4.69) is 4.98 Å². The van der Waals surface area contributed by atoms with Crippen molar-refractivity contribution in [1.82, 2.24) is 4.98 Å². The number of aromatic carboxylic acids is 1. The summed E-state index contributed by atoms with van der Waals surface area (Å²) in [6.07, 6.45) is 0. The lowest BCUT2D eigenvalue weighted by Crippen LogP contribution is -2.21. The fraction of sp³-hybridized carbons (Fsp3) is 0.200. The highest BCUT2D eigenvalue weighted by Gasteiger charge is 2.20. The minimum absolute atomic E-state index is 0.269. The van der Waals surface area contributed by atoms with E-state index in [1.54, 1.807) is 20.8 Å². The molecule has 0 spiro atoms. The summed E-state index contributed by atoms with van der Waals surface area (Å²) in [5.74, 6) is -1.67. The highest BCUT2D eigenvalue weighted by Crippen LogP contribution is 2.24. The first kappa shape index (κ1) is 14.0. The molecule has 0 atom stereocenters. The van der Waals surface area contributed by atoms with Crippen LogP contribution >= 0.6 is 0 Å². The topological polar surface area (TPSA) is 70.2 Å². The summed E-state index contributed by atoms with van der Waals surface area (Å²) >= 11 is 0. The Hall–Kier alpha value is -2.43. The van der Waals surface area contributed by atoms with E-state index in [0.29, 0.717) is 22.5 Å². The van der Waals surface area contributed by atoms with Gasteiger partial charge in [-0.2, -0.15) is 0 Å². The van der Waals surface area contributed by atoms with Gasteiger partial charge in [-0.1, -0.05) is 6.07 Å². The van der Waals surface area contributed by atoms with Gasteiger partial charge in [-0.15, -0.1) is 0 Å². The molecule has 1 aromatic heterocycles. The molecule has 0 saturated heterocycles. The van der Waals surface area contributed by atoms with Gasteiger partial charge < -0.3 is 10.1 Å². The molecule has 0 aliphatic rings. The Bertz CT molecular complexity index is 762. The minimum Gasteiger partial charge on any atom is -0.477 e. The van der Waals surface area contributed by atoms with Gasteiger partial charge in [-0.25, -0.2) is 9.18 Å². The number of H-pyrrole nitrogens is 1. The molecule has 4 nitrogen and oxygen atoms in total. The highest BCUT2D eigenvalue weighted by molar-refractivity contribution is 5.90. The standard InChI is InChI=1S/C15H14FNO3/c1-7-6-10(16)4-5-11(7)12-8(2)17-9(3)13(14(12)18)15(19)20/h4-6H,1-3H3,(H,17,18)(H,19,20). The number of carboxylic acid groups (broad SMARTS) is 1. The molecule has 0 saturated carbocycles. The van der Waals surface area contributed by atoms with Gasteiger partial charge in [0.05, 0.1) is 0 Å². The van der Waals surface area contributed by atoms with E-state index in [-0.39, 0.29) is 11.1 Å². The predicted octanol–water partition coefficient (Wildman–Crippen LogP) is 2.80. The van der Waals surface area contributed by atoms with Gasteiger partial charge in [0, 0.05) is 17.0 Å². The molecule has 1 aromatic carbocycles. The highest BCUT2D eigenvalue weighted by atomic mass is 19.1. The Balaban J connectivity index is 2.84. The quantitative estimate of drug-likeness (QED) is 0.885. The zero-order valence-electron chi connectivity index (χ0n) is 11.4. The van der Waals surface area contributed by atoms with E-state index < -0.39 is 17.2 Å². The second-order valence-corrected chi connectivity index (χ2v) is 4.72. The van der Waals surface area contributed by atoms with Crippen LogP contribution in [0.15, 0.2) is 23.0 Å². The minimum atomic E-state index is -1.27. The molecule has 2 rings (SSSR count). The summed E-state index contributed by atoms with van der Waals surface area (Å²) in [5, 5.41) is 9.14. The number of rotatable bonds is 2. The molecule has 0 unspecified atom stereocenters. The number of carboxylic acids is 1. The summed E-state index contributed by atoms with van der Waals surface area (Å²) in [4.78, 5) is 26.5. The maximum absolute atomic E-state index is 13.2. The lowest BCUT2D eigenvalue weighted by Gasteiger charge is -2.12. The normalized spacial score (nSPS) is 10.6. The number of nitrogens with one attached hydrogen (secondary N) is 1. The number of aromatic nitrogens is 1. The largest absolute Gasteiger partial charge is 0.477 e. The number of aryl methyl sites for hydroxylation is 3. The number of hydrogen-bond donors (Lipinski definition) is 2. The van der Waals surface area contributed by atoms with Crippen molar-refractivity contribution in [2.75, 3.05) is 0 Å². The SMILES string of the molecule is Cc1cc(F)ccc1-c1c(C)[nH]c(C)c(C(=O)O)c1=O. The van der Waals surface area contributed by atoms with Crippen LogP contribution in [0.4, 0.5) is 4.39 Å². The Morgan fingerprint density at radius 2 is 1.85 bits per heavy atom. The third kappa shape index (κ3) is 2.22. The van der Waals surface area contributed by atoms with Crippen LogP contribution in [0.3, 0.4) is 0 Å². The Morgan fingerprint density at radius 3 is 2.40 bits per heavy atom. The van der Waals surface area contributed by atoms with Gasteiger partial charge in [-0.05, 0) is 44.0 Å². The molecule has 0 aliphatic carbocycles. The maximum atomic E-state index is 13.2. The van der Waals surface area contributed by atoms with E-state index in [0.717, 1.165) is 0 Å². The van der Waals surface area contributed by atoms with E-state index in [1.807, 2.05) is 0 Å². The van der Waals surface area contributed by atoms with Crippen LogP contribution in [0.5, 0.6) is 0 Å². The van der Waals surface area contributed by atoms with Crippen molar-refractivity contribution in [2.45, 2.75) is 20.8 Å². The summed E-state index contributed by atoms with van der Waals surface area (Å²) in [6, 6.07) is 4.05. The van der Waals surface area contributed by atoms with Crippen LogP contribution in [-0.2, 0) is 0 Å². The molecule has 2 N–H and O–H groups in total. The maximum Gasteiger partial charge on any atom is 0.341 e. The van der Waals surface area contributed by atoms with Crippen LogP contribution in [0.2, 0.25) is 0 Å². The average molecular weight is 275 g/mol. The van der Waals surface area contributed by atoms with E-state index in [9.17, 15) is 14.0 Å².